The number of hydrogen-bond donors (Lipinski definition) is 1. The molecule has 2 atom stereocenters. The Morgan fingerprint density at radius 2 is 1.82 bits per heavy atom. The minimum atomic E-state index is -1.07. The number of methoxy groups -OCH3 is 1. The Labute approximate surface area is 195 Å². The summed E-state index contributed by atoms with van der Waals surface area (Å²) >= 11 is 0. The summed E-state index contributed by atoms with van der Waals surface area (Å²) in [6.07, 6.45) is 1.19. The van der Waals surface area contributed by atoms with Gasteiger partial charge in [0.05, 0.1) is 7.11 Å². The number of carboxylic acids is 1. The van der Waals surface area contributed by atoms with E-state index in [1.165, 1.54) is 6.20 Å². The van der Waals surface area contributed by atoms with Gasteiger partial charge in [-0.25, -0.2) is 14.6 Å². The van der Waals surface area contributed by atoms with E-state index in [9.17, 15) is 14.7 Å². The zero-order valence-electron chi connectivity index (χ0n) is 20.2. The third-order valence-corrected chi connectivity index (χ3v) is 5.60. The summed E-state index contributed by atoms with van der Waals surface area (Å²) in [5, 5.41) is 9.46. The van der Waals surface area contributed by atoms with Crippen LogP contribution in [0.4, 0.5) is 4.79 Å². The van der Waals surface area contributed by atoms with Crippen molar-refractivity contribution < 1.29 is 24.2 Å². The fraction of sp³-hybridized carbons (Fsp3) is 0.480. The van der Waals surface area contributed by atoms with Crippen molar-refractivity contribution in [3.8, 4) is 16.9 Å². The predicted molar refractivity (Wildman–Crippen MR) is 125 cm³/mol. The molecule has 1 aromatic heterocycles. The van der Waals surface area contributed by atoms with Gasteiger partial charge in [0, 0.05) is 49.0 Å². The van der Waals surface area contributed by atoms with Crippen LogP contribution in [0, 0.1) is 0 Å². The van der Waals surface area contributed by atoms with Gasteiger partial charge >= 0.3 is 12.1 Å². The third kappa shape index (κ3) is 5.82. The predicted octanol–water partition coefficient (Wildman–Crippen LogP) is 4.29. The molecule has 1 aliphatic heterocycles. The van der Waals surface area contributed by atoms with Crippen molar-refractivity contribution in [1.29, 1.82) is 0 Å². The number of pyridine rings is 1. The van der Waals surface area contributed by atoms with Gasteiger partial charge in [-0.1, -0.05) is 18.2 Å². The number of rotatable bonds is 5. The van der Waals surface area contributed by atoms with E-state index in [4.69, 9.17) is 9.47 Å². The van der Waals surface area contributed by atoms with Gasteiger partial charge in [-0.05, 0) is 52.3 Å². The van der Waals surface area contributed by atoms with E-state index in [1.54, 1.807) is 19.2 Å². The minimum Gasteiger partial charge on any atom is -0.496 e. The van der Waals surface area contributed by atoms with Crippen LogP contribution >= 0.6 is 0 Å². The molecular weight excluding hydrogens is 422 g/mol. The van der Waals surface area contributed by atoms with Gasteiger partial charge in [0.2, 0.25) is 0 Å². The molecular formula is C25H33N3O5. The van der Waals surface area contributed by atoms with Crippen LogP contribution in [-0.2, 0) is 11.3 Å². The summed E-state index contributed by atoms with van der Waals surface area (Å²) in [5.74, 6) is -0.387. The van der Waals surface area contributed by atoms with Crippen molar-refractivity contribution in [2.24, 2.45) is 0 Å². The van der Waals surface area contributed by atoms with Gasteiger partial charge in [-0.2, -0.15) is 0 Å². The number of aromatic nitrogens is 1. The molecule has 0 bridgehead atoms. The molecule has 0 saturated carbocycles. The van der Waals surface area contributed by atoms with Gasteiger partial charge in [0.25, 0.3) is 0 Å². The van der Waals surface area contributed by atoms with E-state index in [-0.39, 0.29) is 23.9 Å². The molecule has 0 aliphatic carbocycles. The average molecular weight is 456 g/mol. The van der Waals surface area contributed by atoms with Crippen LogP contribution in [-0.4, -0.2) is 69.8 Å². The summed E-state index contributed by atoms with van der Waals surface area (Å²) in [6, 6.07) is 9.17. The smallest absolute Gasteiger partial charge is 0.410 e. The van der Waals surface area contributed by atoms with Crippen LogP contribution in [0.25, 0.3) is 11.1 Å². The van der Waals surface area contributed by atoms with Gasteiger partial charge in [-0.3, -0.25) is 4.90 Å². The second-order valence-corrected chi connectivity index (χ2v) is 9.51. The van der Waals surface area contributed by atoms with Gasteiger partial charge in [0.1, 0.15) is 11.4 Å². The number of carbonyl (C=O) groups excluding carboxylic acids is 1. The number of benzene rings is 1. The molecule has 1 saturated heterocycles. The molecule has 2 heterocycles. The monoisotopic (exact) mass is 455 g/mol. The number of piperazine rings is 1. The Hall–Kier alpha value is -3.13. The van der Waals surface area contributed by atoms with Crippen LogP contribution < -0.4 is 4.74 Å². The first-order valence-electron chi connectivity index (χ1n) is 11.1. The highest BCUT2D eigenvalue weighted by molar-refractivity contribution is 5.94. The van der Waals surface area contributed by atoms with Crippen LogP contribution in [0.5, 0.6) is 5.75 Å². The first-order chi connectivity index (χ1) is 15.5. The fourth-order valence-corrected chi connectivity index (χ4v) is 4.33. The maximum absolute atomic E-state index is 12.7. The van der Waals surface area contributed by atoms with Crippen molar-refractivity contribution in [3.63, 3.8) is 0 Å². The molecule has 1 amide bonds. The van der Waals surface area contributed by atoms with E-state index in [0.717, 1.165) is 11.1 Å². The van der Waals surface area contributed by atoms with Crippen LogP contribution in [0.3, 0.4) is 0 Å². The standard InChI is InChI=1S/C25H33N3O5/c1-16-13-27(14-17(2)28(16)24(31)33-25(3,4)5)15-19-10-9-18(12-21(19)32-6)20-8-7-11-26-22(20)23(29)30/h7-12,16-17H,13-15H2,1-6H3,(H,29,30). The van der Waals surface area contributed by atoms with Gasteiger partial charge in [0.15, 0.2) is 5.69 Å². The molecule has 8 heteroatoms. The number of hydrogen-bond acceptors (Lipinski definition) is 6. The maximum Gasteiger partial charge on any atom is 0.410 e. The fourth-order valence-electron chi connectivity index (χ4n) is 4.33. The summed E-state index contributed by atoms with van der Waals surface area (Å²) in [6.45, 7) is 11.7. The minimum absolute atomic E-state index is 0.00221. The lowest BCUT2D eigenvalue weighted by atomic mass is 10.0. The highest BCUT2D eigenvalue weighted by Gasteiger charge is 2.35. The Morgan fingerprint density at radius 3 is 2.39 bits per heavy atom. The van der Waals surface area contributed by atoms with E-state index in [2.05, 4.69) is 9.88 Å². The molecule has 33 heavy (non-hydrogen) atoms. The topological polar surface area (TPSA) is 92.2 Å². The molecule has 2 aromatic rings. The van der Waals surface area contributed by atoms with Gasteiger partial charge in [-0.15, -0.1) is 0 Å². The molecule has 178 valence electrons. The van der Waals surface area contributed by atoms with E-state index < -0.39 is 11.6 Å². The van der Waals surface area contributed by atoms with Crippen molar-refractivity contribution in [1.82, 2.24) is 14.8 Å². The largest absolute Gasteiger partial charge is 0.496 e. The molecule has 3 rings (SSSR count). The molecule has 8 nitrogen and oxygen atoms in total. The number of aromatic carboxylic acids is 1. The zero-order chi connectivity index (χ0) is 24.3. The molecule has 0 spiro atoms. The normalized spacial score (nSPS) is 19.3. The van der Waals surface area contributed by atoms with Crippen molar-refractivity contribution in [3.05, 3.63) is 47.8 Å². The molecule has 1 aliphatic rings. The third-order valence-electron chi connectivity index (χ3n) is 5.60. The molecule has 1 fully saturated rings. The van der Waals surface area contributed by atoms with Crippen LogP contribution in [0.1, 0.15) is 50.7 Å². The van der Waals surface area contributed by atoms with Crippen molar-refractivity contribution >= 4 is 12.1 Å². The molecule has 2 unspecified atom stereocenters. The van der Waals surface area contributed by atoms with E-state index in [1.807, 2.05) is 57.7 Å². The van der Waals surface area contributed by atoms with Crippen LogP contribution in [0.2, 0.25) is 0 Å². The molecule has 1 aromatic carbocycles. The first kappa shape index (κ1) is 24.5. The lowest BCUT2D eigenvalue weighted by molar-refractivity contribution is -0.0163. The van der Waals surface area contributed by atoms with Gasteiger partial charge < -0.3 is 19.5 Å². The van der Waals surface area contributed by atoms with Crippen molar-refractivity contribution in [2.75, 3.05) is 20.2 Å². The van der Waals surface area contributed by atoms with Crippen molar-refractivity contribution in [2.45, 2.75) is 58.8 Å². The Morgan fingerprint density at radius 1 is 1.15 bits per heavy atom. The number of nitrogens with zero attached hydrogens (tertiary/aromatic N) is 3. The highest BCUT2D eigenvalue weighted by Crippen LogP contribution is 2.31. The summed E-state index contributed by atoms with van der Waals surface area (Å²) in [4.78, 5) is 32.3. The maximum atomic E-state index is 12.7. The number of carbonyl (C=O) groups is 2. The number of ether oxygens (including phenoxy) is 2. The molecule has 1 N–H and O–H groups in total. The Kier molecular flexibility index (Phi) is 7.27. The Balaban J connectivity index is 1.77. The highest BCUT2D eigenvalue weighted by atomic mass is 16.6. The number of carboxylic acid groups (broad SMARTS) is 1. The summed E-state index contributed by atoms with van der Waals surface area (Å²) < 4.78 is 11.2. The second kappa shape index (κ2) is 9.79. The Bertz CT molecular complexity index is 1010. The zero-order valence-corrected chi connectivity index (χ0v) is 20.2. The first-order valence-corrected chi connectivity index (χ1v) is 11.1. The SMILES string of the molecule is COc1cc(-c2cccnc2C(=O)O)ccc1CN1CC(C)N(C(=O)OC(C)(C)C)C(C)C1. The summed E-state index contributed by atoms with van der Waals surface area (Å²) in [5.41, 5.74) is 1.75. The lowest BCUT2D eigenvalue weighted by Crippen LogP contribution is -2.59. The van der Waals surface area contributed by atoms with E-state index in [0.29, 0.717) is 30.9 Å². The average Bonchev–Trinajstić information content (AvgIpc) is 2.72. The number of amides is 1. The lowest BCUT2D eigenvalue weighted by Gasteiger charge is -2.44. The quantitative estimate of drug-likeness (QED) is 0.719. The van der Waals surface area contributed by atoms with E-state index >= 15 is 0 Å². The van der Waals surface area contributed by atoms with Crippen LogP contribution in [0.15, 0.2) is 36.5 Å². The summed E-state index contributed by atoms with van der Waals surface area (Å²) in [7, 11) is 1.61. The molecule has 0 radical (unpaired) electrons. The second-order valence-electron chi connectivity index (χ2n) is 9.51.